The van der Waals surface area contributed by atoms with Gasteiger partial charge in [0.05, 0.1) is 25.6 Å². The van der Waals surface area contributed by atoms with E-state index < -0.39 is 0 Å². The van der Waals surface area contributed by atoms with E-state index in [-0.39, 0.29) is 30.4 Å². The number of para-hydroxylation sites is 1. The molecule has 6 heteroatoms. The lowest BCUT2D eigenvalue weighted by molar-refractivity contribution is -0.142. The molecule has 1 fully saturated rings. The van der Waals surface area contributed by atoms with Gasteiger partial charge in [-0.1, -0.05) is 42.5 Å². The summed E-state index contributed by atoms with van der Waals surface area (Å²) in [4.78, 5) is 26.4. The van der Waals surface area contributed by atoms with Crippen LogP contribution in [0, 0.1) is 5.92 Å². The molecule has 2 aliphatic rings. The third-order valence-corrected chi connectivity index (χ3v) is 5.08. The molecular formula is C22H23N3O3. The fraction of sp³-hybridized carbons (Fsp3) is 0.273. The monoisotopic (exact) mass is 377 g/mol. The van der Waals surface area contributed by atoms with Crippen LogP contribution in [-0.4, -0.2) is 31.3 Å². The van der Waals surface area contributed by atoms with Crippen molar-refractivity contribution in [3.8, 4) is 0 Å². The molecule has 0 spiro atoms. The number of amides is 1. The maximum absolute atomic E-state index is 12.6. The van der Waals surface area contributed by atoms with Crippen molar-refractivity contribution >= 4 is 23.1 Å². The van der Waals surface area contributed by atoms with Crippen molar-refractivity contribution in [3.05, 3.63) is 71.9 Å². The van der Waals surface area contributed by atoms with Gasteiger partial charge in [-0.15, -0.1) is 0 Å². The summed E-state index contributed by atoms with van der Waals surface area (Å²) in [6.45, 7) is 2.62. The van der Waals surface area contributed by atoms with Crippen LogP contribution >= 0.6 is 0 Å². The number of nitrogens with zero attached hydrogens (tertiary/aromatic N) is 1. The minimum atomic E-state index is -0.301. The van der Waals surface area contributed by atoms with Crippen molar-refractivity contribution in [2.75, 3.05) is 18.2 Å². The molecule has 6 nitrogen and oxygen atoms in total. The maximum atomic E-state index is 12.6. The van der Waals surface area contributed by atoms with E-state index in [4.69, 9.17) is 4.74 Å². The largest absolute Gasteiger partial charge is 0.466 e. The molecule has 0 aliphatic carbocycles. The first-order valence-electron chi connectivity index (χ1n) is 9.48. The smallest absolute Gasteiger partial charge is 0.310 e. The van der Waals surface area contributed by atoms with Gasteiger partial charge >= 0.3 is 5.97 Å². The highest BCUT2D eigenvalue weighted by molar-refractivity contribution is 5.96. The van der Waals surface area contributed by atoms with E-state index in [0.717, 1.165) is 22.4 Å². The Morgan fingerprint density at radius 3 is 2.61 bits per heavy atom. The Kier molecular flexibility index (Phi) is 5.12. The average Bonchev–Trinajstić information content (AvgIpc) is 3.10. The van der Waals surface area contributed by atoms with Crippen molar-refractivity contribution in [2.45, 2.75) is 19.5 Å². The van der Waals surface area contributed by atoms with Crippen LogP contribution in [0.5, 0.6) is 0 Å². The van der Waals surface area contributed by atoms with Gasteiger partial charge in [-0.2, -0.15) is 0 Å². The normalized spacial score (nSPS) is 21.0. The topological polar surface area (TPSA) is 70.7 Å². The first-order chi connectivity index (χ1) is 13.7. The van der Waals surface area contributed by atoms with Gasteiger partial charge in [-0.05, 0) is 35.8 Å². The van der Waals surface area contributed by atoms with Crippen LogP contribution in [-0.2, 0) is 20.7 Å². The standard InChI is InChI=1S/C22H23N3O3/c1-2-28-19(26)12-15-8-10-16(11-9-15)18-13-25(17-6-4-3-5-7-17)21-20(18)22(27)24-14-23-21/h3-11,13,20-21,23H,2,12,14H2,1H3,(H,24,27). The Hall–Kier alpha value is -3.12. The maximum Gasteiger partial charge on any atom is 0.310 e. The molecule has 0 radical (unpaired) electrons. The molecule has 0 saturated carbocycles. The van der Waals surface area contributed by atoms with Gasteiger partial charge < -0.3 is 15.0 Å². The first kappa shape index (κ1) is 18.3. The summed E-state index contributed by atoms with van der Waals surface area (Å²) in [5, 5.41) is 6.29. The summed E-state index contributed by atoms with van der Waals surface area (Å²) in [5.74, 6) is -0.518. The Bertz CT molecular complexity index is 893. The predicted molar refractivity (Wildman–Crippen MR) is 107 cm³/mol. The molecule has 0 bridgehead atoms. The summed E-state index contributed by atoms with van der Waals surface area (Å²) in [5.41, 5.74) is 3.86. The zero-order valence-electron chi connectivity index (χ0n) is 15.7. The Morgan fingerprint density at radius 1 is 1.14 bits per heavy atom. The summed E-state index contributed by atoms with van der Waals surface area (Å²) in [7, 11) is 0. The molecule has 28 heavy (non-hydrogen) atoms. The Labute approximate surface area is 164 Å². The molecule has 2 aromatic rings. The van der Waals surface area contributed by atoms with Gasteiger partial charge in [0.15, 0.2) is 0 Å². The van der Waals surface area contributed by atoms with Crippen molar-refractivity contribution in [1.82, 2.24) is 10.6 Å². The summed E-state index contributed by atoms with van der Waals surface area (Å²) in [6.07, 6.45) is 2.17. The number of anilines is 1. The van der Waals surface area contributed by atoms with E-state index in [1.54, 1.807) is 6.92 Å². The lowest BCUT2D eigenvalue weighted by Gasteiger charge is -2.34. The summed E-state index contributed by atoms with van der Waals surface area (Å²) < 4.78 is 5.01. The molecule has 2 unspecified atom stereocenters. The fourth-order valence-corrected chi connectivity index (χ4v) is 3.78. The number of hydrogen-bond acceptors (Lipinski definition) is 5. The quantitative estimate of drug-likeness (QED) is 0.783. The number of benzene rings is 2. The zero-order valence-corrected chi connectivity index (χ0v) is 15.7. The predicted octanol–water partition coefficient (Wildman–Crippen LogP) is 2.27. The third-order valence-electron chi connectivity index (χ3n) is 5.08. The number of ether oxygens (including phenoxy) is 1. The van der Waals surface area contributed by atoms with E-state index in [1.807, 2.05) is 60.8 Å². The Balaban J connectivity index is 1.63. The number of fused-ring (bicyclic) bond motifs is 1. The van der Waals surface area contributed by atoms with E-state index in [0.29, 0.717) is 13.3 Å². The van der Waals surface area contributed by atoms with Crippen LogP contribution in [0.1, 0.15) is 18.1 Å². The van der Waals surface area contributed by atoms with Gasteiger partial charge in [-0.25, -0.2) is 0 Å². The molecule has 2 N–H and O–H groups in total. The van der Waals surface area contributed by atoms with Crippen molar-refractivity contribution in [2.24, 2.45) is 5.92 Å². The minimum absolute atomic E-state index is 0.0176. The van der Waals surface area contributed by atoms with Gasteiger partial charge in [0.2, 0.25) is 5.91 Å². The fourth-order valence-electron chi connectivity index (χ4n) is 3.78. The second kappa shape index (κ2) is 7.86. The zero-order chi connectivity index (χ0) is 19.5. The van der Waals surface area contributed by atoms with E-state index in [9.17, 15) is 9.59 Å². The molecule has 2 heterocycles. The number of nitrogens with one attached hydrogen (secondary N) is 2. The molecular weight excluding hydrogens is 354 g/mol. The second-order valence-electron chi connectivity index (χ2n) is 6.85. The molecule has 2 atom stereocenters. The first-order valence-corrected chi connectivity index (χ1v) is 9.48. The number of esters is 1. The lowest BCUT2D eigenvalue weighted by atomic mass is 9.91. The highest BCUT2D eigenvalue weighted by Gasteiger charge is 2.43. The summed E-state index contributed by atoms with van der Waals surface area (Å²) in [6, 6.07) is 17.8. The second-order valence-corrected chi connectivity index (χ2v) is 6.85. The van der Waals surface area contributed by atoms with Crippen LogP contribution in [0.25, 0.3) is 5.57 Å². The van der Waals surface area contributed by atoms with Crippen LogP contribution < -0.4 is 15.5 Å². The van der Waals surface area contributed by atoms with Crippen LogP contribution in [0.2, 0.25) is 0 Å². The third kappa shape index (κ3) is 3.51. The molecule has 0 aromatic heterocycles. The molecule has 2 aromatic carbocycles. The van der Waals surface area contributed by atoms with Gasteiger partial charge in [-0.3, -0.25) is 14.9 Å². The number of carbonyl (C=O) groups is 2. The minimum Gasteiger partial charge on any atom is -0.466 e. The number of hydrogen-bond donors (Lipinski definition) is 2. The molecule has 2 aliphatic heterocycles. The van der Waals surface area contributed by atoms with Crippen LogP contribution in [0.15, 0.2) is 60.8 Å². The molecule has 144 valence electrons. The van der Waals surface area contributed by atoms with E-state index in [1.165, 1.54) is 0 Å². The summed E-state index contributed by atoms with van der Waals surface area (Å²) >= 11 is 0. The van der Waals surface area contributed by atoms with Gasteiger partial charge in [0, 0.05) is 11.9 Å². The molecule has 4 rings (SSSR count). The van der Waals surface area contributed by atoms with Crippen LogP contribution in [0.4, 0.5) is 5.69 Å². The SMILES string of the molecule is CCOC(=O)Cc1ccc(C2=CN(c3ccccc3)C3NCNC(=O)C23)cc1. The number of carbonyl (C=O) groups excluding carboxylic acids is 2. The van der Waals surface area contributed by atoms with Gasteiger partial charge in [0.25, 0.3) is 0 Å². The van der Waals surface area contributed by atoms with Crippen LogP contribution in [0.3, 0.4) is 0 Å². The van der Waals surface area contributed by atoms with Crippen molar-refractivity contribution in [1.29, 1.82) is 0 Å². The Morgan fingerprint density at radius 2 is 1.89 bits per heavy atom. The van der Waals surface area contributed by atoms with Gasteiger partial charge in [0.1, 0.15) is 6.17 Å². The van der Waals surface area contributed by atoms with E-state index >= 15 is 0 Å². The lowest BCUT2D eigenvalue weighted by Crippen LogP contribution is -2.58. The van der Waals surface area contributed by atoms with Crippen molar-refractivity contribution < 1.29 is 14.3 Å². The van der Waals surface area contributed by atoms with E-state index in [2.05, 4.69) is 15.5 Å². The highest BCUT2D eigenvalue weighted by atomic mass is 16.5. The highest BCUT2D eigenvalue weighted by Crippen LogP contribution is 2.38. The number of rotatable bonds is 5. The van der Waals surface area contributed by atoms with Crippen molar-refractivity contribution in [3.63, 3.8) is 0 Å². The molecule has 1 amide bonds. The molecule has 1 saturated heterocycles. The average molecular weight is 377 g/mol.